The molecule has 0 radical (unpaired) electrons. The zero-order valence-corrected chi connectivity index (χ0v) is 11.2. The van der Waals surface area contributed by atoms with Crippen LogP contribution in [0.2, 0.25) is 0 Å². The minimum Gasteiger partial charge on any atom is -0.126 e. The van der Waals surface area contributed by atoms with Gasteiger partial charge in [0.25, 0.3) is 0 Å². The third-order valence-corrected chi connectivity index (χ3v) is 4.10. The molecule has 0 nitrogen and oxygen atoms in total. The second kappa shape index (κ2) is 8.54. The van der Waals surface area contributed by atoms with Gasteiger partial charge in [-0.05, 0) is 37.1 Å². The van der Waals surface area contributed by atoms with E-state index in [4.69, 9.17) is 0 Å². The number of benzene rings is 1. The van der Waals surface area contributed by atoms with Crippen molar-refractivity contribution in [3.63, 3.8) is 0 Å². The molecule has 0 fully saturated rings. The monoisotopic (exact) mass is 250 g/mol. The number of hydrogen-bond acceptors (Lipinski definition) is 2. The second-order valence-corrected chi connectivity index (χ2v) is 5.66. The van der Waals surface area contributed by atoms with Crippen LogP contribution in [0.15, 0.2) is 59.4 Å². The van der Waals surface area contributed by atoms with Gasteiger partial charge in [0.15, 0.2) is 0 Å². The lowest BCUT2D eigenvalue weighted by Gasteiger charge is -2.02. The minimum atomic E-state index is 1.07. The van der Waals surface area contributed by atoms with Gasteiger partial charge >= 0.3 is 0 Å². The predicted molar refractivity (Wildman–Crippen MR) is 77.5 cm³/mol. The SMILES string of the molecule is C=CCCSc1ccc(SCCC=C)cc1. The van der Waals surface area contributed by atoms with Gasteiger partial charge in [-0.2, -0.15) is 0 Å². The van der Waals surface area contributed by atoms with Crippen LogP contribution in [0.1, 0.15) is 12.8 Å². The Bertz CT molecular complexity index is 281. The van der Waals surface area contributed by atoms with Gasteiger partial charge in [-0.25, -0.2) is 0 Å². The van der Waals surface area contributed by atoms with E-state index in [2.05, 4.69) is 37.4 Å². The highest BCUT2D eigenvalue weighted by atomic mass is 32.2. The largest absolute Gasteiger partial charge is 0.126 e. The fourth-order valence-corrected chi connectivity index (χ4v) is 2.85. The Morgan fingerprint density at radius 1 is 0.812 bits per heavy atom. The summed E-state index contributed by atoms with van der Waals surface area (Å²) in [5, 5.41) is 0. The van der Waals surface area contributed by atoms with Gasteiger partial charge < -0.3 is 0 Å². The van der Waals surface area contributed by atoms with Gasteiger partial charge in [-0.3, -0.25) is 0 Å². The molecule has 2 heteroatoms. The maximum Gasteiger partial charge on any atom is 0.00728 e. The summed E-state index contributed by atoms with van der Waals surface area (Å²) >= 11 is 3.77. The molecule has 0 aromatic heterocycles. The summed E-state index contributed by atoms with van der Waals surface area (Å²) in [7, 11) is 0. The van der Waals surface area contributed by atoms with Crippen molar-refractivity contribution >= 4 is 23.5 Å². The molecule has 1 rings (SSSR count). The molecule has 0 spiro atoms. The molecule has 0 unspecified atom stereocenters. The Balaban J connectivity index is 2.35. The molecule has 0 heterocycles. The van der Waals surface area contributed by atoms with Gasteiger partial charge in [-0.15, -0.1) is 36.7 Å². The fourth-order valence-electron chi connectivity index (χ4n) is 1.15. The summed E-state index contributed by atoms with van der Waals surface area (Å²) < 4.78 is 0. The lowest BCUT2D eigenvalue weighted by Crippen LogP contribution is -1.79. The molecule has 86 valence electrons. The Morgan fingerprint density at radius 2 is 1.19 bits per heavy atom. The third kappa shape index (κ3) is 5.47. The van der Waals surface area contributed by atoms with Crippen molar-refractivity contribution in [1.29, 1.82) is 0 Å². The maximum absolute atomic E-state index is 3.72. The highest BCUT2D eigenvalue weighted by Gasteiger charge is 1.95. The van der Waals surface area contributed by atoms with Crippen LogP contribution in [0, 0.1) is 0 Å². The van der Waals surface area contributed by atoms with Crippen molar-refractivity contribution < 1.29 is 0 Å². The molecule has 0 saturated carbocycles. The smallest absolute Gasteiger partial charge is 0.00728 e. The van der Waals surface area contributed by atoms with Crippen LogP contribution in [0.3, 0.4) is 0 Å². The standard InChI is InChI=1S/C14H18S2/c1-3-5-11-15-13-7-9-14(10-8-13)16-12-6-4-2/h3-4,7-10H,1-2,5-6,11-12H2. The fraction of sp³-hybridized carbons (Fsp3) is 0.286. The molecule has 0 bridgehead atoms. The van der Waals surface area contributed by atoms with Crippen LogP contribution in [0.25, 0.3) is 0 Å². The Kier molecular flexibility index (Phi) is 7.19. The van der Waals surface area contributed by atoms with Crippen molar-refractivity contribution in [3.8, 4) is 0 Å². The van der Waals surface area contributed by atoms with Crippen LogP contribution in [0.5, 0.6) is 0 Å². The molecule has 1 aromatic rings. The first-order chi connectivity index (χ1) is 7.86. The molecule has 0 saturated heterocycles. The summed E-state index contributed by atoms with van der Waals surface area (Å²) in [4.78, 5) is 2.69. The molecule has 0 atom stereocenters. The van der Waals surface area contributed by atoms with Gasteiger partial charge in [0.2, 0.25) is 0 Å². The average Bonchev–Trinajstić information content (AvgIpc) is 2.32. The van der Waals surface area contributed by atoms with Crippen LogP contribution in [-0.4, -0.2) is 11.5 Å². The first kappa shape index (κ1) is 13.5. The van der Waals surface area contributed by atoms with E-state index < -0.39 is 0 Å². The van der Waals surface area contributed by atoms with Crippen LogP contribution < -0.4 is 0 Å². The number of thioether (sulfide) groups is 2. The highest BCUT2D eigenvalue weighted by molar-refractivity contribution is 7.99. The van der Waals surface area contributed by atoms with Gasteiger partial charge in [0.05, 0.1) is 0 Å². The number of hydrogen-bond donors (Lipinski definition) is 0. The summed E-state index contributed by atoms with van der Waals surface area (Å²) in [5.41, 5.74) is 0. The van der Waals surface area contributed by atoms with Crippen LogP contribution in [0.4, 0.5) is 0 Å². The third-order valence-electron chi connectivity index (χ3n) is 2.01. The van der Waals surface area contributed by atoms with E-state index in [1.54, 1.807) is 0 Å². The van der Waals surface area contributed by atoms with Gasteiger partial charge in [0.1, 0.15) is 0 Å². The van der Waals surface area contributed by atoms with Gasteiger partial charge in [-0.1, -0.05) is 12.2 Å². The molecule has 0 amide bonds. The lowest BCUT2D eigenvalue weighted by atomic mass is 10.4. The molecule has 0 aliphatic carbocycles. The lowest BCUT2D eigenvalue weighted by molar-refractivity contribution is 1.23. The quantitative estimate of drug-likeness (QED) is 0.361. The Labute approximate surface area is 107 Å². The molecule has 1 aromatic carbocycles. The van der Waals surface area contributed by atoms with E-state index in [-0.39, 0.29) is 0 Å². The number of rotatable bonds is 8. The van der Waals surface area contributed by atoms with E-state index >= 15 is 0 Å². The zero-order chi connectivity index (χ0) is 11.6. The highest BCUT2D eigenvalue weighted by Crippen LogP contribution is 2.24. The van der Waals surface area contributed by atoms with Crippen molar-refractivity contribution in [1.82, 2.24) is 0 Å². The molecule has 0 aliphatic rings. The second-order valence-electron chi connectivity index (χ2n) is 3.32. The van der Waals surface area contributed by atoms with Crippen LogP contribution in [-0.2, 0) is 0 Å². The van der Waals surface area contributed by atoms with Crippen LogP contribution >= 0.6 is 23.5 Å². The predicted octanol–water partition coefficient (Wildman–Crippen LogP) is 5.02. The van der Waals surface area contributed by atoms with Gasteiger partial charge in [0, 0.05) is 21.3 Å². The van der Waals surface area contributed by atoms with Crippen molar-refractivity contribution in [2.75, 3.05) is 11.5 Å². The average molecular weight is 250 g/mol. The summed E-state index contributed by atoms with van der Waals surface area (Å²) in [5.74, 6) is 2.24. The van der Waals surface area contributed by atoms with E-state index in [0.717, 1.165) is 24.3 Å². The summed E-state index contributed by atoms with van der Waals surface area (Å²) in [6.07, 6.45) is 6.07. The first-order valence-corrected chi connectivity index (χ1v) is 7.41. The Morgan fingerprint density at radius 3 is 1.50 bits per heavy atom. The summed E-state index contributed by atoms with van der Waals surface area (Å²) in [6, 6.07) is 8.79. The topological polar surface area (TPSA) is 0 Å². The molecular formula is C14H18S2. The normalized spacial score (nSPS) is 10.0. The molecule has 0 aliphatic heterocycles. The van der Waals surface area contributed by atoms with E-state index in [0.29, 0.717) is 0 Å². The van der Waals surface area contributed by atoms with Crippen molar-refractivity contribution in [2.24, 2.45) is 0 Å². The Hall–Kier alpha value is -0.600. The molecule has 0 N–H and O–H groups in total. The number of allylic oxidation sites excluding steroid dienone is 2. The minimum absolute atomic E-state index is 1.07. The van der Waals surface area contributed by atoms with E-state index in [9.17, 15) is 0 Å². The van der Waals surface area contributed by atoms with Crippen molar-refractivity contribution in [3.05, 3.63) is 49.6 Å². The van der Waals surface area contributed by atoms with E-state index in [1.807, 2.05) is 35.7 Å². The van der Waals surface area contributed by atoms with E-state index in [1.165, 1.54) is 9.79 Å². The molecule has 16 heavy (non-hydrogen) atoms. The maximum atomic E-state index is 3.72. The molecular weight excluding hydrogens is 232 g/mol. The zero-order valence-electron chi connectivity index (χ0n) is 9.52. The van der Waals surface area contributed by atoms with Crippen molar-refractivity contribution in [2.45, 2.75) is 22.6 Å². The summed E-state index contributed by atoms with van der Waals surface area (Å²) in [6.45, 7) is 7.45. The first-order valence-electron chi connectivity index (χ1n) is 5.44.